The molecule has 3 heteroatoms. The fraction of sp³-hybridized carbons (Fsp3) is 0.0909. The van der Waals surface area contributed by atoms with E-state index in [-0.39, 0.29) is 17.4 Å². The number of hydrogen-bond acceptors (Lipinski definition) is 2. The fourth-order valence-electron chi connectivity index (χ4n) is 3.49. The second kappa shape index (κ2) is 5.98. The summed E-state index contributed by atoms with van der Waals surface area (Å²) in [6, 6.07) is 15.4. The summed E-state index contributed by atoms with van der Waals surface area (Å²) < 4.78 is 0. The molecule has 4 rings (SSSR count). The Morgan fingerprint density at radius 2 is 1.68 bits per heavy atom. The number of fused-ring (bicyclic) bond motifs is 1. The van der Waals surface area contributed by atoms with Crippen LogP contribution in [0.4, 0.5) is 0 Å². The highest BCUT2D eigenvalue weighted by molar-refractivity contribution is 6.32. The zero-order chi connectivity index (χ0) is 17.6. The van der Waals surface area contributed by atoms with Gasteiger partial charge < -0.3 is 10.2 Å². The van der Waals surface area contributed by atoms with E-state index in [9.17, 15) is 10.2 Å². The molecule has 0 aromatic heterocycles. The van der Waals surface area contributed by atoms with Crippen LogP contribution in [0.25, 0.3) is 11.1 Å². The molecule has 0 fully saturated rings. The highest BCUT2D eigenvalue weighted by Crippen LogP contribution is 2.48. The topological polar surface area (TPSA) is 40.5 Å². The van der Waals surface area contributed by atoms with Crippen molar-refractivity contribution in [3.8, 4) is 5.75 Å². The number of benzene rings is 2. The molecular formula is C22H17ClO2. The average Bonchev–Trinajstić information content (AvgIpc) is 2.98. The van der Waals surface area contributed by atoms with E-state index in [1.54, 1.807) is 12.1 Å². The molecule has 2 nitrogen and oxygen atoms in total. The number of halogens is 1. The Bertz CT molecular complexity index is 978. The minimum atomic E-state index is 0.0715. The monoisotopic (exact) mass is 348 g/mol. The molecule has 1 unspecified atom stereocenters. The van der Waals surface area contributed by atoms with E-state index in [4.69, 9.17) is 11.6 Å². The largest absolute Gasteiger partial charge is 0.508 e. The van der Waals surface area contributed by atoms with Crippen LogP contribution in [-0.2, 0) is 0 Å². The van der Waals surface area contributed by atoms with Gasteiger partial charge in [0.2, 0.25) is 0 Å². The number of aliphatic hydroxyl groups excluding tert-OH is 1. The van der Waals surface area contributed by atoms with Gasteiger partial charge >= 0.3 is 0 Å². The molecule has 2 N–H and O–H groups in total. The first-order chi connectivity index (χ1) is 12.0. The molecule has 0 heterocycles. The van der Waals surface area contributed by atoms with Gasteiger partial charge in [0.15, 0.2) is 0 Å². The predicted octanol–water partition coefficient (Wildman–Crippen LogP) is 5.91. The third kappa shape index (κ3) is 2.69. The first kappa shape index (κ1) is 15.8. The maximum atomic E-state index is 10.1. The molecule has 0 spiro atoms. The third-order valence-corrected chi connectivity index (χ3v) is 4.98. The fourth-order valence-corrected chi connectivity index (χ4v) is 3.67. The summed E-state index contributed by atoms with van der Waals surface area (Å²) in [6.07, 6.45) is 5.83. The van der Waals surface area contributed by atoms with E-state index in [0.717, 1.165) is 27.8 Å². The lowest BCUT2D eigenvalue weighted by molar-refractivity contribution is 0.424. The highest BCUT2D eigenvalue weighted by Gasteiger charge is 2.29. The van der Waals surface area contributed by atoms with Crippen LogP contribution in [0.2, 0.25) is 5.02 Å². The van der Waals surface area contributed by atoms with Crippen LogP contribution < -0.4 is 0 Å². The zero-order valence-electron chi connectivity index (χ0n) is 13.7. The first-order valence-corrected chi connectivity index (χ1v) is 8.56. The predicted molar refractivity (Wildman–Crippen MR) is 102 cm³/mol. The van der Waals surface area contributed by atoms with Crippen LogP contribution in [0.3, 0.4) is 0 Å². The second-order valence-electron chi connectivity index (χ2n) is 6.36. The Kier molecular flexibility index (Phi) is 3.78. The lowest BCUT2D eigenvalue weighted by Crippen LogP contribution is -2.04. The van der Waals surface area contributed by atoms with Gasteiger partial charge in [-0.25, -0.2) is 0 Å². The molecule has 0 saturated carbocycles. The third-order valence-electron chi connectivity index (χ3n) is 4.67. The highest BCUT2D eigenvalue weighted by atomic mass is 35.5. The Morgan fingerprint density at radius 1 is 0.920 bits per heavy atom. The van der Waals surface area contributed by atoms with E-state index < -0.39 is 0 Å². The molecule has 0 aliphatic heterocycles. The van der Waals surface area contributed by atoms with Gasteiger partial charge in [-0.05, 0) is 63.8 Å². The van der Waals surface area contributed by atoms with E-state index in [1.165, 1.54) is 5.57 Å². The van der Waals surface area contributed by atoms with Crippen molar-refractivity contribution in [2.24, 2.45) is 5.92 Å². The quantitative estimate of drug-likeness (QED) is 0.707. The number of aliphatic hydroxyl groups is 1. The lowest BCUT2D eigenvalue weighted by Gasteiger charge is -2.19. The summed E-state index contributed by atoms with van der Waals surface area (Å²) in [7, 11) is 0. The minimum absolute atomic E-state index is 0.0715. The Balaban J connectivity index is 1.97. The van der Waals surface area contributed by atoms with E-state index in [2.05, 4.69) is 25.1 Å². The van der Waals surface area contributed by atoms with Gasteiger partial charge in [-0.3, -0.25) is 0 Å². The van der Waals surface area contributed by atoms with Crippen molar-refractivity contribution in [3.63, 3.8) is 0 Å². The van der Waals surface area contributed by atoms with Crippen molar-refractivity contribution in [2.75, 3.05) is 0 Å². The molecule has 0 amide bonds. The molecule has 2 aliphatic carbocycles. The smallest absolute Gasteiger partial charge is 0.134 e. The SMILES string of the molecule is CC1C=C(O)C=C2C1=CC(c1ccc(O)c(Cl)c1)=C2c1ccccc1. The normalized spacial score (nSPS) is 19.3. The van der Waals surface area contributed by atoms with Gasteiger partial charge in [0.25, 0.3) is 0 Å². The van der Waals surface area contributed by atoms with Crippen molar-refractivity contribution in [2.45, 2.75) is 6.92 Å². The molecule has 2 aromatic carbocycles. The van der Waals surface area contributed by atoms with E-state index in [1.807, 2.05) is 36.4 Å². The molecular weight excluding hydrogens is 332 g/mol. The lowest BCUT2D eigenvalue weighted by atomic mass is 9.86. The van der Waals surface area contributed by atoms with E-state index >= 15 is 0 Å². The molecule has 0 bridgehead atoms. The molecule has 1 atom stereocenters. The molecule has 0 saturated heterocycles. The number of hydrogen-bond donors (Lipinski definition) is 2. The van der Waals surface area contributed by atoms with Gasteiger partial charge in [-0.15, -0.1) is 0 Å². The van der Waals surface area contributed by atoms with Crippen molar-refractivity contribution in [1.29, 1.82) is 0 Å². The molecule has 2 aliphatic rings. The molecule has 0 radical (unpaired) electrons. The molecule has 124 valence electrons. The summed E-state index contributed by atoms with van der Waals surface area (Å²) in [5.41, 5.74) is 6.36. The van der Waals surface area contributed by atoms with Crippen LogP contribution in [0.15, 0.2) is 83.7 Å². The van der Waals surface area contributed by atoms with Crippen molar-refractivity contribution in [1.82, 2.24) is 0 Å². The summed E-state index contributed by atoms with van der Waals surface area (Å²) in [4.78, 5) is 0. The van der Waals surface area contributed by atoms with Crippen molar-refractivity contribution in [3.05, 3.63) is 99.8 Å². The first-order valence-electron chi connectivity index (χ1n) is 8.18. The number of phenols is 1. The number of rotatable bonds is 2. The summed E-state index contributed by atoms with van der Waals surface area (Å²) in [5.74, 6) is 0.490. The van der Waals surface area contributed by atoms with Gasteiger partial charge in [0.1, 0.15) is 11.5 Å². The Hall–Kier alpha value is -2.71. The summed E-state index contributed by atoms with van der Waals surface area (Å²) >= 11 is 6.13. The van der Waals surface area contributed by atoms with Crippen LogP contribution in [-0.4, -0.2) is 10.2 Å². The van der Waals surface area contributed by atoms with Gasteiger partial charge in [-0.1, -0.05) is 54.9 Å². The second-order valence-corrected chi connectivity index (χ2v) is 6.77. The van der Waals surface area contributed by atoms with Crippen LogP contribution in [0.5, 0.6) is 5.75 Å². The van der Waals surface area contributed by atoms with Gasteiger partial charge in [0.05, 0.1) is 5.02 Å². The maximum Gasteiger partial charge on any atom is 0.134 e. The zero-order valence-corrected chi connectivity index (χ0v) is 14.5. The van der Waals surface area contributed by atoms with Crippen molar-refractivity contribution < 1.29 is 10.2 Å². The molecule has 2 aromatic rings. The number of phenolic OH excluding ortho intramolecular Hbond substituents is 1. The Labute approximate surface area is 151 Å². The van der Waals surface area contributed by atoms with E-state index in [0.29, 0.717) is 5.02 Å². The average molecular weight is 349 g/mol. The van der Waals surface area contributed by atoms with Crippen LogP contribution in [0.1, 0.15) is 18.1 Å². The van der Waals surface area contributed by atoms with Crippen LogP contribution >= 0.6 is 11.6 Å². The van der Waals surface area contributed by atoms with Gasteiger partial charge in [0, 0.05) is 5.92 Å². The number of aromatic hydroxyl groups is 1. The molecule has 25 heavy (non-hydrogen) atoms. The Morgan fingerprint density at radius 3 is 2.40 bits per heavy atom. The maximum absolute atomic E-state index is 10.1. The number of allylic oxidation sites excluding steroid dienone is 7. The standard InChI is InChI=1S/C22H17ClO2/c1-13-9-16(24)11-19-17(13)12-18(15-7-8-21(25)20(23)10-15)22(19)14-5-3-2-4-6-14/h2-13,24-25H,1H3. The minimum Gasteiger partial charge on any atom is -0.508 e. The van der Waals surface area contributed by atoms with Crippen molar-refractivity contribution >= 4 is 22.7 Å². The van der Waals surface area contributed by atoms with Gasteiger partial charge in [-0.2, -0.15) is 0 Å². The van der Waals surface area contributed by atoms with Crippen LogP contribution in [0, 0.1) is 5.92 Å². The summed E-state index contributed by atoms with van der Waals surface area (Å²) in [6.45, 7) is 2.07. The summed E-state index contributed by atoms with van der Waals surface area (Å²) in [5, 5.41) is 20.2.